The first-order chi connectivity index (χ1) is 21.7. The van der Waals surface area contributed by atoms with Crippen LogP contribution in [-0.4, -0.2) is 90.0 Å². The molecule has 0 saturated heterocycles. The molecule has 0 aliphatic heterocycles. The lowest BCUT2D eigenvalue weighted by Gasteiger charge is -2.29. The highest BCUT2D eigenvalue weighted by Crippen LogP contribution is 2.22. The molecule has 0 bridgehead atoms. The number of nitrogens with zero attached hydrogens (tertiary/aromatic N) is 5. The van der Waals surface area contributed by atoms with E-state index in [0.717, 1.165) is 68.1 Å². The topological polar surface area (TPSA) is 131 Å². The lowest BCUT2D eigenvalue weighted by Crippen LogP contribution is -2.48. The molecule has 0 aliphatic carbocycles. The number of ether oxygens (including phenoxy) is 1. The van der Waals surface area contributed by atoms with Gasteiger partial charge in [0.15, 0.2) is 0 Å². The molecule has 1 aromatic carbocycles. The second-order valence-electron chi connectivity index (χ2n) is 11.8. The number of nitrogens with one attached hydrogen (secondary N) is 2. The van der Waals surface area contributed by atoms with Crippen LogP contribution in [0.5, 0.6) is 0 Å². The summed E-state index contributed by atoms with van der Waals surface area (Å²) in [7, 11) is 0. The van der Waals surface area contributed by atoms with E-state index in [2.05, 4.69) is 62.6 Å². The van der Waals surface area contributed by atoms with Crippen LogP contribution in [-0.2, 0) is 34.0 Å². The van der Waals surface area contributed by atoms with E-state index >= 15 is 0 Å². The number of rotatable bonds is 22. The molecule has 0 spiro atoms. The van der Waals surface area contributed by atoms with Gasteiger partial charge in [-0.2, -0.15) is 0 Å². The van der Waals surface area contributed by atoms with E-state index in [1.165, 1.54) is 0 Å². The van der Waals surface area contributed by atoms with Crippen molar-refractivity contribution in [3.8, 4) is 0 Å². The molecule has 3 N–H and O–H groups in total. The molecule has 2 aromatic heterocycles. The second-order valence-corrected chi connectivity index (χ2v) is 11.8. The minimum Gasteiger partial charge on any atom is -0.480 e. The molecule has 45 heavy (non-hydrogen) atoms. The lowest BCUT2D eigenvalue weighted by atomic mass is 10.1. The fraction of sp³-hybridized carbons (Fsp3) is 0.588. The standard InChI is InChI=1S/C34H53N7O4/c1-6-19-39(20-7-2)21-9-10-22-40(31(33(42)43)34(44)45-26(4)8-3)23-28-11-13-29(14-12-28)24-41(25-30-35-15-16-36-30)27(5)32-37-17-18-38-32/h11-18,26-27,31H,6-10,19-25H2,1-5H3,(H,35,36)(H,37,38)(H,42,43). The number of aliphatic carboxylic acids is 1. The number of hydrogen-bond donors (Lipinski definition) is 3. The van der Waals surface area contributed by atoms with Gasteiger partial charge in [-0.3, -0.25) is 9.80 Å². The Bertz CT molecular complexity index is 1230. The van der Waals surface area contributed by atoms with Gasteiger partial charge in [0.05, 0.1) is 18.7 Å². The highest BCUT2D eigenvalue weighted by molar-refractivity contribution is 5.98. The number of aromatic amines is 2. The summed E-state index contributed by atoms with van der Waals surface area (Å²) in [6.45, 7) is 15.4. The summed E-state index contributed by atoms with van der Waals surface area (Å²) < 4.78 is 5.52. The molecule has 11 heteroatoms. The molecule has 248 valence electrons. The van der Waals surface area contributed by atoms with Crippen LogP contribution in [0.2, 0.25) is 0 Å². The van der Waals surface area contributed by atoms with Gasteiger partial charge in [0.2, 0.25) is 6.04 Å². The first-order valence-corrected chi connectivity index (χ1v) is 16.4. The number of carbonyl (C=O) groups is 2. The Balaban J connectivity index is 1.74. The highest BCUT2D eigenvalue weighted by atomic mass is 16.5. The lowest BCUT2D eigenvalue weighted by molar-refractivity contribution is -0.164. The first-order valence-electron chi connectivity index (χ1n) is 16.4. The third-order valence-corrected chi connectivity index (χ3v) is 8.13. The van der Waals surface area contributed by atoms with Crippen LogP contribution < -0.4 is 0 Å². The fourth-order valence-corrected chi connectivity index (χ4v) is 5.47. The maximum absolute atomic E-state index is 13.1. The van der Waals surface area contributed by atoms with Gasteiger partial charge < -0.3 is 24.7 Å². The van der Waals surface area contributed by atoms with Gasteiger partial charge >= 0.3 is 11.9 Å². The van der Waals surface area contributed by atoms with Crippen LogP contribution in [0.1, 0.15) is 95.5 Å². The van der Waals surface area contributed by atoms with Gasteiger partial charge in [-0.15, -0.1) is 0 Å². The van der Waals surface area contributed by atoms with E-state index in [4.69, 9.17) is 4.74 Å². The molecular weight excluding hydrogens is 570 g/mol. The molecule has 0 fully saturated rings. The van der Waals surface area contributed by atoms with Crippen LogP contribution in [0.15, 0.2) is 49.1 Å². The largest absolute Gasteiger partial charge is 0.480 e. The summed E-state index contributed by atoms with van der Waals surface area (Å²) in [5.41, 5.74) is 2.05. The van der Waals surface area contributed by atoms with Crippen LogP contribution in [0.3, 0.4) is 0 Å². The van der Waals surface area contributed by atoms with E-state index in [1.54, 1.807) is 24.2 Å². The molecule has 0 aliphatic rings. The first kappa shape index (κ1) is 35.9. The van der Waals surface area contributed by atoms with Crippen molar-refractivity contribution in [2.45, 2.75) is 105 Å². The van der Waals surface area contributed by atoms with Crippen molar-refractivity contribution < 1.29 is 19.4 Å². The smallest absolute Gasteiger partial charge is 0.335 e. The summed E-state index contributed by atoms with van der Waals surface area (Å²) in [4.78, 5) is 47.3. The zero-order chi connectivity index (χ0) is 32.6. The van der Waals surface area contributed by atoms with Crippen molar-refractivity contribution >= 4 is 11.9 Å². The minimum atomic E-state index is -1.36. The van der Waals surface area contributed by atoms with E-state index in [-0.39, 0.29) is 12.1 Å². The molecule has 0 amide bonds. The van der Waals surface area contributed by atoms with Crippen molar-refractivity contribution in [2.75, 3.05) is 26.2 Å². The van der Waals surface area contributed by atoms with Gasteiger partial charge in [-0.05, 0) is 83.3 Å². The summed E-state index contributed by atoms with van der Waals surface area (Å²) >= 11 is 0. The molecular formula is C34H53N7O4. The maximum atomic E-state index is 13.1. The van der Waals surface area contributed by atoms with Crippen LogP contribution in [0.25, 0.3) is 0 Å². The minimum absolute atomic E-state index is 0.0266. The van der Waals surface area contributed by atoms with Gasteiger partial charge in [0.1, 0.15) is 11.6 Å². The monoisotopic (exact) mass is 623 g/mol. The Labute approximate surface area is 268 Å². The maximum Gasteiger partial charge on any atom is 0.335 e. The zero-order valence-electron chi connectivity index (χ0n) is 27.7. The number of hydrogen-bond acceptors (Lipinski definition) is 8. The third-order valence-electron chi connectivity index (χ3n) is 8.13. The van der Waals surface area contributed by atoms with E-state index in [0.29, 0.717) is 32.6 Å². The predicted octanol–water partition coefficient (Wildman–Crippen LogP) is 5.40. The Morgan fingerprint density at radius 2 is 1.42 bits per heavy atom. The van der Waals surface area contributed by atoms with E-state index in [1.807, 2.05) is 31.5 Å². The number of unbranched alkanes of at least 4 members (excludes halogenated alkanes) is 1. The summed E-state index contributed by atoms with van der Waals surface area (Å²) in [5.74, 6) is -0.131. The summed E-state index contributed by atoms with van der Waals surface area (Å²) in [6, 6.07) is 6.84. The third kappa shape index (κ3) is 11.7. The van der Waals surface area contributed by atoms with Crippen LogP contribution in [0, 0.1) is 0 Å². The van der Waals surface area contributed by atoms with Crippen molar-refractivity contribution in [1.29, 1.82) is 0 Å². The number of H-pyrrole nitrogens is 2. The summed E-state index contributed by atoms with van der Waals surface area (Å²) in [5, 5.41) is 10.2. The average molecular weight is 624 g/mol. The Morgan fingerprint density at radius 1 is 0.822 bits per heavy atom. The molecule has 3 aromatic rings. The van der Waals surface area contributed by atoms with Crippen LogP contribution >= 0.6 is 0 Å². The molecule has 3 unspecified atom stereocenters. The Kier molecular flexibility index (Phi) is 15.2. The van der Waals surface area contributed by atoms with Gasteiger partial charge in [-0.25, -0.2) is 19.6 Å². The average Bonchev–Trinajstić information content (AvgIpc) is 3.74. The number of benzene rings is 1. The van der Waals surface area contributed by atoms with Gasteiger partial charge in [0, 0.05) is 37.9 Å². The molecule has 11 nitrogen and oxygen atoms in total. The molecule has 2 heterocycles. The number of aromatic nitrogens is 4. The van der Waals surface area contributed by atoms with Gasteiger partial charge in [0.25, 0.3) is 0 Å². The second kappa shape index (κ2) is 19.1. The quantitative estimate of drug-likeness (QED) is 0.0765. The van der Waals surface area contributed by atoms with Gasteiger partial charge in [-0.1, -0.05) is 45.0 Å². The van der Waals surface area contributed by atoms with E-state index in [9.17, 15) is 14.7 Å². The van der Waals surface area contributed by atoms with Crippen molar-refractivity contribution in [3.05, 3.63) is 71.8 Å². The Hall–Kier alpha value is -3.54. The van der Waals surface area contributed by atoms with Crippen LogP contribution in [0.4, 0.5) is 0 Å². The van der Waals surface area contributed by atoms with Crippen molar-refractivity contribution in [1.82, 2.24) is 34.6 Å². The highest BCUT2D eigenvalue weighted by Gasteiger charge is 2.35. The summed E-state index contributed by atoms with van der Waals surface area (Å²) in [6.07, 6.45) is 11.4. The predicted molar refractivity (Wildman–Crippen MR) is 175 cm³/mol. The fourth-order valence-electron chi connectivity index (χ4n) is 5.47. The normalized spacial score (nSPS) is 13.8. The number of carboxylic acid groups (broad SMARTS) is 1. The van der Waals surface area contributed by atoms with Crippen molar-refractivity contribution in [3.63, 3.8) is 0 Å². The SMILES string of the molecule is CCCN(CCC)CCCCN(Cc1ccc(CN(Cc2ncc[nH]2)C(C)c2ncc[nH]2)cc1)C(C(=O)O)C(=O)OC(C)CC. The Morgan fingerprint density at radius 3 is 1.96 bits per heavy atom. The number of carbonyl (C=O) groups excluding carboxylic acids is 1. The molecule has 0 radical (unpaired) electrons. The van der Waals surface area contributed by atoms with E-state index < -0.39 is 18.0 Å². The van der Waals surface area contributed by atoms with Crippen molar-refractivity contribution in [2.24, 2.45) is 0 Å². The molecule has 0 saturated carbocycles. The number of carboxylic acids is 1. The molecule has 3 atom stereocenters. The zero-order valence-corrected chi connectivity index (χ0v) is 27.7. The molecule has 3 rings (SSSR count). The number of esters is 1. The number of imidazole rings is 2.